The van der Waals surface area contributed by atoms with Crippen molar-refractivity contribution in [2.45, 2.75) is 55.8 Å². The van der Waals surface area contributed by atoms with Gasteiger partial charge in [0.25, 0.3) is 0 Å². The summed E-state index contributed by atoms with van der Waals surface area (Å²) >= 11 is 0. The highest BCUT2D eigenvalue weighted by atomic mass is 32.2. The summed E-state index contributed by atoms with van der Waals surface area (Å²) in [5.74, 6) is -0.938. The largest absolute Gasteiger partial charge is 0.433 e. The van der Waals surface area contributed by atoms with E-state index in [2.05, 4.69) is 10.3 Å². The zero-order valence-electron chi connectivity index (χ0n) is 20.4. The molecule has 11 heteroatoms. The number of aromatic nitrogens is 1. The Kier molecular flexibility index (Phi) is 8.47. The molecule has 1 saturated heterocycles. The van der Waals surface area contributed by atoms with Gasteiger partial charge in [0, 0.05) is 19.3 Å². The highest BCUT2D eigenvalue weighted by molar-refractivity contribution is 7.89. The summed E-state index contributed by atoms with van der Waals surface area (Å²) < 4.78 is 78.4. The lowest BCUT2D eigenvalue weighted by molar-refractivity contribution is -0.141. The van der Waals surface area contributed by atoms with Gasteiger partial charge in [-0.2, -0.15) is 17.5 Å². The fourth-order valence-electron chi connectivity index (χ4n) is 4.47. The van der Waals surface area contributed by atoms with E-state index in [0.29, 0.717) is 32.1 Å². The average Bonchev–Trinajstić information content (AvgIpc) is 3.39. The molecule has 0 aliphatic carbocycles. The Morgan fingerprint density at radius 2 is 1.71 bits per heavy atom. The molecule has 4 rings (SSSR count). The molecule has 1 aromatic heterocycles. The Morgan fingerprint density at radius 1 is 1.00 bits per heavy atom. The van der Waals surface area contributed by atoms with Crippen LogP contribution in [0.25, 0.3) is 0 Å². The standard InChI is InChI=1S/C27H27F4N3O3S/c28-22-10-12-23(13-11-22)38(36,37)34-15-3-8-24(34)26(35)33-18-21-7-2-5-19(16-21)4-1-6-20-9-14-25(32-17-20)27(29,30)31/h2,5,7,9-14,16-17,24H,1,3-4,6,8,15,18H2,(H,33,35). The van der Waals surface area contributed by atoms with Crippen LogP contribution in [0.2, 0.25) is 0 Å². The van der Waals surface area contributed by atoms with E-state index in [1.54, 1.807) is 0 Å². The van der Waals surface area contributed by atoms with E-state index in [0.717, 1.165) is 34.9 Å². The monoisotopic (exact) mass is 549 g/mol. The number of nitrogens with one attached hydrogen (secondary N) is 1. The van der Waals surface area contributed by atoms with Crippen LogP contribution < -0.4 is 5.32 Å². The number of aryl methyl sites for hydroxylation is 2. The summed E-state index contributed by atoms with van der Waals surface area (Å²) in [5.41, 5.74) is 1.67. The maximum Gasteiger partial charge on any atom is 0.433 e. The smallest absolute Gasteiger partial charge is 0.351 e. The Balaban J connectivity index is 1.30. The van der Waals surface area contributed by atoms with Gasteiger partial charge in [-0.15, -0.1) is 0 Å². The first-order chi connectivity index (χ1) is 18.0. The Bertz CT molecular complexity index is 1360. The van der Waals surface area contributed by atoms with Gasteiger partial charge in [0.05, 0.1) is 4.90 Å². The van der Waals surface area contributed by atoms with Crippen molar-refractivity contribution in [1.82, 2.24) is 14.6 Å². The highest BCUT2D eigenvalue weighted by Gasteiger charge is 2.39. The van der Waals surface area contributed by atoms with E-state index < -0.39 is 39.7 Å². The molecule has 38 heavy (non-hydrogen) atoms. The van der Waals surface area contributed by atoms with Gasteiger partial charge in [0.15, 0.2) is 0 Å². The van der Waals surface area contributed by atoms with Crippen molar-refractivity contribution in [3.63, 3.8) is 0 Å². The number of benzene rings is 2. The molecule has 2 aromatic carbocycles. The fraction of sp³-hybridized carbons (Fsp3) is 0.333. The molecule has 0 saturated carbocycles. The van der Waals surface area contributed by atoms with Crippen LogP contribution in [-0.4, -0.2) is 36.2 Å². The number of halogens is 4. The van der Waals surface area contributed by atoms with Crippen molar-refractivity contribution in [3.8, 4) is 0 Å². The zero-order chi connectivity index (χ0) is 27.3. The van der Waals surface area contributed by atoms with Gasteiger partial charge in [-0.05, 0) is 79.1 Å². The molecule has 3 aromatic rings. The topological polar surface area (TPSA) is 79.4 Å². The number of sulfonamides is 1. The molecular formula is C27H27F4N3O3S. The number of nitrogens with zero attached hydrogens (tertiary/aromatic N) is 2. The second kappa shape index (κ2) is 11.6. The minimum Gasteiger partial charge on any atom is -0.351 e. The van der Waals surface area contributed by atoms with Gasteiger partial charge < -0.3 is 5.32 Å². The zero-order valence-corrected chi connectivity index (χ0v) is 21.2. The predicted octanol–water partition coefficient (Wildman–Crippen LogP) is 4.88. The molecule has 1 amide bonds. The second-order valence-corrected chi connectivity index (χ2v) is 11.1. The molecule has 1 aliphatic rings. The van der Waals surface area contributed by atoms with Gasteiger partial charge in [-0.1, -0.05) is 30.3 Å². The van der Waals surface area contributed by atoms with Crippen molar-refractivity contribution < 1.29 is 30.8 Å². The molecule has 1 N–H and O–H groups in total. The van der Waals surface area contributed by atoms with Crippen LogP contribution in [0.1, 0.15) is 41.6 Å². The van der Waals surface area contributed by atoms with Crippen molar-refractivity contribution in [3.05, 3.63) is 95.1 Å². The maximum absolute atomic E-state index is 13.2. The third-order valence-corrected chi connectivity index (χ3v) is 8.35. The summed E-state index contributed by atoms with van der Waals surface area (Å²) in [6, 6.07) is 13.7. The number of hydrogen-bond acceptors (Lipinski definition) is 4. The van der Waals surface area contributed by atoms with E-state index in [1.807, 2.05) is 24.3 Å². The van der Waals surface area contributed by atoms with Crippen molar-refractivity contribution >= 4 is 15.9 Å². The first-order valence-electron chi connectivity index (χ1n) is 12.2. The molecule has 1 fully saturated rings. The Labute approximate surface area is 218 Å². The molecule has 1 unspecified atom stereocenters. The Hall–Kier alpha value is -3.31. The fourth-order valence-corrected chi connectivity index (χ4v) is 6.13. The molecule has 1 aliphatic heterocycles. The molecule has 0 radical (unpaired) electrons. The van der Waals surface area contributed by atoms with Gasteiger partial charge >= 0.3 is 6.18 Å². The highest BCUT2D eigenvalue weighted by Crippen LogP contribution is 2.28. The lowest BCUT2D eigenvalue weighted by Gasteiger charge is -2.23. The number of alkyl halides is 3. The van der Waals surface area contributed by atoms with E-state index in [1.165, 1.54) is 28.7 Å². The van der Waals surface area contributed by atoms with Crippen LogP contribution in [0.5, 0.6) is 0 Å². The quantitative estimate of drug-likeness (QED) is 0.386. The first kappa shape index (κ1) is 27.7. The molecule has 2 heterocycles. The number of rotatable bonds is 9. The van der Waals surface area contributed by atoms with Gasteiger partial charge in [-0.25, -0.2) is 12.8 Å². The molecule has 1 atom stereocenters. The van der Waals surface area contributed by atoms with Crippen molar-refractivity contribution in [2.24, 2.45) is 0 Å². The summed E-state index contributed by atoms with van der Waals surface area (Å²) in [7, 11) is -3.94. The van der Waals surface area contributed by atoms with Crippen LogP contribution in [0.15, 0.2) is 71.8 Å². The van der Waals surface area contributed by atoms with Gasteiger partial charge in [0.1, 0.15) is 17.6 Å². The van der Waals surface area contributed by atoms with E-state index >= 15 is 0 Å². The predicted molar refractivity (Wildman–Crippen MR) is 133 cm³/mol. The van der Waals surface area contributed by atoms with E-state index in [9.17, 15) is 30.8 Å². The number of amides is 1. The molecule has 202 valence electrons. The second-order valence-electron chi connectivity index (χ2n) is 9.17. The molecular weight excluding hydrogens is 522 g/mol. The number of pyridine rings is 1. The van der Waals surface area contributed by atoms with Gasteiger partial charge in [0.2, 0.25) is 15.9 Å². The lowest BCUT2D eigenvalue weighted by Crippen LogP contribution is -2.45. The maximum atomic E-state index is 13.2. The van der Waals surface area contributed by atoms with Crippen LogP contribution in [0.4, 0.5) is 17.6 Å². The van der Waals surface area contributed by atoms with Crippen LogP contribution in [-0.2, 0) is 40.4 Å². The van der Waals surface area contributed by atoms with Crippen molar-refractivity contribution in [1.29, 1.82) is 0 Å². The minimum atomic E-state index is -4.46. The minimum absolute atomic E-state index is 0.0571. The lowest BCUT2D eigenvalue weighted by atomic mass is 10.0. The summed E-state index contributed by atoms with van der Waals surface area (Å²) in [6.07, 6.45) is -0.297. The summed E-state index contributed by atoms with van der Waals surface area (Å²) in [4.78, 5) is 16.3. The van der Waals surface area contributed by atoms with Crippen LogP contribution >= 0.6 is 0 Å². The first-order valence-corrected chi connectivity index (χ1v) is 13.6. The third kappa shape index (κ3) is 6.76. The normalized spacial score (nSPS) is 16.5. The van der Waals surface area contributed by atoms with E-state index in [4.69, 9.17) is 0 Å². The number of carbonyl (C=O) groups is 1. The SMILES string of the molecule is O=C(NCc1cccc(CCCc2ccc(C(F)(F)F)nc2)c1)C1CCCN1S(=O)(=O)c1ccc(F)cc1. The summed E-state index contributed by atoms with van der Waals surface area (Å²) in [5, 5.41) is 2.82. The summed E-state index contributed by atoms with van der Waals surface area (Å²) in [6.45, 7) is 0.429. The van der Waals surface area contributed by atoms with Gasteiger partial charge in [-0.3, -0.25) is 9.78 Å². The van der Waals surface area contributed by atoms with Crippen molar-refractivity contribution in [2.75, 3.05) is 6.54 Å². The third-order valence-electron chi connectivity index (χ3n) is 6.43. The number of carbonyl (C=O) groups excluding carboxylic acids is 1. The average molecular weight is 550 g/mol. The molecule has 6 nitrogen and oxygen atoms in total. The molecule has 0 spiro atoms. The van der Waals surface area contributed by atoms with Crippen LogP contribution in [0.3, 0.4) is 0 Å². The molecule has 0 bridgehead atoms. The van der Waals surface area contributed by atoms with E-state index in [-0.39, 0.29) is 18.0 Å². The number of hydrogen-bond donors (Lipinski definition) is 1. The van der Waals surface area contributed by atoms with Crippen LogP contribution in [0, 0.1) is 5.82 Å². The Morgan fingerprint density at radius 3 is 2.39 bits per heavy atom.